The SMILES string of the molecule is COc1ccc(OC)c(-c2nn(C)c3c2CCCCN3)c1. The summed E-state index contributed by atoms with van der Waals surface area (Å²) in [4.78, 5) is 0. The summed E-state index contributed by atoms with van der Waals surface area (Å²) in [5.41, 5.74) is 3.23. The standard InChI is InChI=1S/C16H21N3O2/c1-19-16-12(6-4-5-9-17-16)15(18-19)13-10-11(20-2)7-8-14(13)21-3/h7-8,10,17H,4-6,9H2,1-3H3. The summed E-state index contributed by atoms with van der Waals surface area (Å²) < 4.78 is 12.8. The van der Waals surface area contributed by atoms with E-state index in [4.69, 9.17) is 14.6 Å². The highest BCUT2D eigenvalue weighted by Gasteiger charge is 2.21. The second-order valence-electron chi connectivity index (χ2n) is 5.25. The molecule has 0 saturated heterocycles. The average Bonchev–Trinajstić information content (AvgIpc) is 2.70. The Morgan fingerprint density at radius 3 is 2.81 bits per heavy atom. The van der Waals surface area contributed by atoms with Gasteiger partial charge in [-0.1, -0.05) is 0 Å². The van der Waals surface area contributed by atoms with Gasteiger partial charge in [-0.3, -0.25) is 4.68 Å². The Morgan fingerprint density at radius 2 is 2.05 bits per heavy atom. The van der Waals surface area contributed by atoms with E-state index in [9.17, 15) is 0 Å². The van der Waals surface area contributed by atoms with E-state index < -0.39 is 0 Å². The lowest BCUT2D eigenvalue weighted by molar-refractivity contribution is 0.404. The number of hydrogen-bond donors (Lipinski definition) is 1. The van der Waals surface area contributed by atoms with Crippen molar-refractivity contribution in [3.05, 3.63) is 23.8 Å². The van der Waals surface area contributed by atoms with Crippen molar-refractivity contribution in [3.63, 3.8) is 0 Å². The van der Waals surface area contributed by atoms with Crippen molar-refractivity contribution < 1.29 is 9.47 Å². The number of ether oxygens (including phenoxy) is 2. The topological polar surface area (TPSA) is 48.3 Å². The molecule has 0 unspecified atom stereocenters. The summed E-state index contributed by atoms with van der Waals surface area (Å²) in [5.74, 6) is 2.75. The van der Waals surface area contributed by atoms with Crippen molar-refractivity contribution in [2.45, 2.75) is 19.3 Å². The molecule has 0 saturated carbocycles. The summed E-state index contributed by atoms with van der Waals surface area (Å²) in [5, 5.41) is 8.18. The first kappa shape index (κ1) is 13.8. The molecule has 5 heteroatoms. The number of nitrogens with zero attached hydrogens (tertiary/aromatic N) is 2. The van der Waals surface area contributed by atoms with E-state index in [-0.39, 0.29) is 0 Å². The van der Waals surface area contributed by atoms with Gasteiger partial charge in [0, 0.05) is 24.7 Å². The fourth-order valence-electron chi connectivity index (χ4n) is 2.87. The molecule has 0 fully saturated rings. The van der Waals surface area contributed by atoms with Crippen molar-refractivity contribution in [2.24, 2.45) is 7.05 Å². The molecule has 0 aliphatic carbocycles. The Labute approximate surface area is 124 Å². The number of nitrogens with one attached hydrogen (secondary N) is 1. The quantitative estimate of drug-likeness (QED) is 0.943. The summed E-state index contributed by atoms with van der Waals surface area (Å²) in [7, 11) is 5.34. The summed E-state index contributed by atoms with van der Waals surface area (Å²) in [6.45, 7) is 1.00. The van der Waals surface area contributed by atoms with E-state index in [0.29, 0.717) is 0 Å². The van der Waals surface area contributed by atoms with Gasteiger partial charge in [0.05, 0.1) is 14.2 Å². The largest absolute Gasteiger partial charge is 0.497 e. The lowest BCUT2D eigenvalue weighted by atomic mass is 10.0. The van der Waals surface area contributed by atoms with E-state index >= 15 is 0 Å². The van der Waals surface area contributed by atoms with E-state index in [0.717, 1.165) is 41.5 Å². The van der Waals surface area contributed by atoms with Gasteiger partial charge in [0.2, 0.25) is 0 Å². The molecule has 2 heterocycles. The van der Waals surface area contributed by atoms with Crippen LogP contribution in [-0.2, 0) is 13.5 Å². The van der Waals surface area contributed by atoms with Crippen LogP contribution in [0.4, 0.5) is 5.82 Å². The minimum Gasteiger partial charge on any atom is -0.497 e. The molecule has 1 aliphatic heterocycles. The highest BCUT2D eigenvalue weighted by Crippen LogP contribution is 2.38. The van der Waals surface area contributed by atoms with Gasteiger partial charge in [-0.25, -0.2) is 0 Å². The Balaban J connectivity index is 2.16. The molecule has 0 spiro atoms. The van der Waals surface area contributed by atoms with E-state index in [1.807, 2.05) is 29.9 Å². The van der Waals surface area contributed by atoms with Crippen LogP contribution in [0.5, 0.6) is 11.5 Å². The Morgan fingerprint density at radius 1 is 1.19 bits per heavy atom. The zero-order chi connectivity index (χ0) is 14.8. The van der Waals surface area contributed by atoms with Crippen LogP contribution in [0.25, 0.3) is 11.3 Å². The van der Waals surface area contributed by atoms with Gasteiger partial charge >= 0.3 is 0 Å². The first-order valence-electron chi connectivity index (χ1n) is 7.26. The van der Waals surface area contributed by atoms with Gasteiger partial charge < -0.3 is 14.8 Å². The van der Waals surface area contributed by atoms with Crippen LogP contribution < -0.4 is 14.8 Å². The molecule has 0 atom stereocenters. The number of fused-ring (bicyclic) bond motifs is 1. The van der Waals surface area contributed by atoms with E-state index in [1.54, 1.807) is 14.2 Å². The van der Waals surface area contributed by atoms with Gasteiger partial charge in [-0.05, 0) is 37.5 Å². The third kappa shape index (κ3) is 2.44. The summed E-state index contributed by atoms with van der Waals surface area (Å²) >= 11 is 0. The van der Waals surface area contributed by atoms with Crippen LogP contribution >= 0.6 is 0 Å². The van der Waals surface area contributed by atoms with Crippen molar-refractivity contribution in [3.8, 4) is 22.8 Å². The van der Waals surface area contributed by atoms with Gasteiger partial charge in [0.25, 0.3) is 0 Å². The predicted octanol–water partition coefficient (Wildman–Crippen LogP) is 2.85. The highest BCUT2D eigenvalue weighted by molar-refractivity contribution is 5.75. The molecular formula is C16H21N3O2. The van der Waals surface area contributed by atoms with Crippen molar-refractivity contribution >= 4 is 5.82 Å². The van der Waals surface area contributed by atoms with Crippen LogP contribution in [0, 0.1) is 0 Å². The van der Waals surface area contributed by atoms with E-state index in [1.165, 1.54) is 18.4 Å². The number of methoxy groups -OCH3 is 2. The molecule has 2 aromatic rings. The zero-order valence-corrected chi connectivity index (χ0v) is 12.8. The minimum absolute atomic E-state index is 0.812. The van der Waals surface area contributed by atoms with Gasteiger partial charge in [-0.2, -0.15) is 5.10 Å². The zero-order valence-electron chi connectivity index (χ0n) is 12.8. The van der Waals surface area contributed by atoms with Crippen LogP contribution in [0.3, 0.4) is 0 Å². The third-order valence-electron chi connectivity index (χ3n) is 3.95. The fraction of sp³-hybridized carbons (Fsp3) is 0.438. The molecule has 0 amide bonds. The number of benzene rings is 1. The number of aromatic nitrogens is 2. The normalized spacial score (nSPS) is 14.0. The van der Waals surface area contributed by atoms with Crippen LogP contribution in [0.15, 0.2) is 18.2 Å². The van der Waals surface area contributed by atoms with Crippen LogP contribution in [0.2, 0.25) is 0 Å². The Kier molecular flexibility index (Phi) is 3.73. The lowest BCUT2D eigenvalue weighted by Gasteiger charge is -2.10. The monoisotopic (exact) mass is 287 g/mol. The molecule has 0 bridgehead atoms. The second-order valence-corrected chi connectivity index (χ2v) is 5.25. The van der Waals surface area contributed by atoms with Gasteiger partial charge in [0.1, 0.15) is 23.0 Å². The first-order valence-corrected chi connectivity index (χ1v) is 7.26. The molecule has 21 heavy (non-hydrogen) atoms. The molecule has 1 N–H and O–H groups in total. The maximum atomic E-state index is 5.51. The third-order valence-corrected chi connectivity index (χ3v) is 3.95. The number of rotatable bonds is 3. The summed E-state index contributed by atoms with van der Waals surface area (Å²) in [6.07, 6.45) is 3.39. The van der Waals surface area contributed by atoms with E-state index in [2.05, 4.69) is 5.32 Å². The van der Waals surface area contributed by atoms with Crippen LogP contribution in [-0.4, -0.2) is 30.5 Å². The fourth-order valence-corrected chi connectivity index (χ4v) is 2.87. The Bertz CT molecular complexity index is 649. The maximum Gasteiger partial charge on any atom is 0.128 e. The molecule has 1 aromatic carbocycles. The molecular weight excluding hydrogens is 266 g/mol. The lowest BCUT2D eigenvalue weighted by Crippen LogP contribution is -2.04. The predicted molar refractivity (Wildman–Crippen MR) is 83.2 cm³/mol. The first-order chi connectivity index (χ1) is 10.2. The second kappa shape index (κ2) is 5.68. The highest BCUT2D eigenvalue weighted by atomic mass is 16.5. The van der Waals surface area contributed by atoms with Crippen molar-refractivity contribution in [1.29, 1.82) is 0 Å². The molecule has 5 nitrogen and oxygen atoms in total. The van der Waals surface area contributed by atoms with Crippen LogP contribution in [0.1, 0.15) is 18.4 Å². The summed E-state index contributed by atoms with van der Waals surface area (Å²) in [6, 6.07) is 5.83. The molecule has 3 rings (SSSR count). The van der Waals surface area contributed by atoms with Crippen molar-refractivity contribution in [1.82, 2.24) is 9.78 Å². The Hall–Kier alpha value is -2.17. The van der Waals surface area contributed by atoms with Gasteiger partial charge in [-0.15, -0.1) is 0 Å². The average molecular weight is 287 g/mol. The number of hydrogen-bond acceptors (Lipinski definition) is 4. The van der Waals surface area contributed by atoms with Gasteiger partial charge in [0.15, 0.2) is 0 Å². The van der Waals surface area contributed by atoms with Crippen molar-refractivity contribution in [2.75, 3.05) is 26.1 Å². The molecule has 0 radical (unpaired) electrons. The maximum absolute atomic E-state index is 5.51. The minimum atomic E-state index is 0.812. The molecule has 112 valence electrons. The molecule has 1 aliphatic rings. The smallest absolute Gasteiger partial charge is 0.128 e. The number of anilines is 1. The molecule has 1 aromatic heterocycles. The number of aryl methyl sites for hydroxylation is 1.